The summed E-state index contributed by atoms with van der Waals surface area (Å²) in [6, 6.07) is 0.129. The molecule has 19 heavy (non-hydrogen) atoms. The molecular weight excluding hydrogens is 238 g/mol. The quantitative estimate of drug-likeness (QED) is 0.656. The highest BCUT2D eigenvalue weighted by atomic mass is 16.1. The smallest absolute Gasteiger partial charge is 0.220 e. The van der Waals surface area contributed by atoms with Gasteiger partial charge < -0.3 is 16.4 Å². The number of hydrogen-bond donors (Lipinski definition) is 3. The van der Waals surface area contributed by atoms with Gasteiger partial charge in [-0.15, -0.1) is 0 Å². The fraction of sp³-hybridized carbons (Fsp3) is 0.933. The molecule has 0 aromatic rings. The Morgan fingerprint density at radius 2 is 2.16 bits per heavy atom. The molecule has 112 valence electrons. The zero-order valence-electron chi connectivity index (χ0n) is 12.7. The highest BCUT2D eigenvalue weighted by Gasteiger charge is 2.22. The molecule has 0 aromatic heterocycles. The summed E-state index contributed by atoms with van der Waals surface area (Å²) in [5.74, 6) is 1.81. The molecule has 0 aliphatic carbocycles. The minimum absolute atomic E-state index is 0.129. The van der Waals surface area contributed by atoms with E-state index in [9.17, 15) is 4.79 Å². The summed E-state index contributed by atoms with van der Waals surface area (Å²) in [5, 5.41) is 6.50. The maximum atomic E-state index is 12.1. The number of piperidine rings is 1. The van der Waals surface area contributed by atoms with E-state index in [4.69, 9.17) is 5.73 Å². The van der Waals surface area contributed by atoms with Crippen LogP contribution in [0, 0.1) is 17.8 Å². The highest BCUT2D eigenvalue weighted by molar-refractivity contribution is 5.76. The monoisotopic (exact) mass is 269 g/mol. The van der Waals surface area contributed by atoms with Crippen molar-refractivity contribution >= 4 is 5.91 Å². The Labute approximate surface area is 117 Å². The van der Waals surface area contributed by atoms with E-state index in [1.807, 2.05) is 0 Å². The molecule has 4 N–H and O–H groups in total. The number of carbonyl (C=O) groups excluding carboxylic acids is 1. The zero-order valence-corrected chi connectivity index (χ0v) is 12.7. The third-order valence-electron chi connectivity index (χ3n) is 4.05. The molecule has 0 radical (unpaired) electrons. The normalized spacial score (nSPS) is 23.1. The van der Waals surface area contributed by atoms with Crippen LogP contribution in [0.2, 0.25) is 0 Å². The molecule has 1 heterocycles. The van der Waals surface area contributed by atoms with E-state index < -0.39 is 0 Å². The Bertz CT molecular complexity index is 262. The van der Waals surface area contributed by atoms with E-state index >= 15 is 0 Å². The van der Waals surface area contributed by atoms with Gasteiger partial charge in [-0.2, -0.15) is 0 Å². The van der Waals surface area contributed by atoms with Crippen molar-refractivity contribution in [1.29, 1.82) is 0 Å². The first-order valence-corrected chi connectivity index (χ1v) is 7.73. The number of amides is 1. The van der Waals surface area contributed by atoms with E-state index in [1.165, 1.54) is 12.8 Å². The predicted molar refractivity (Wildman–Crippen MR) is 79.8 cm³/mol. The van der Waals surface area contributed by atoms with Crippen molar-refractivity contribution in [3.05, 3.63) is 0 Å². The standard InChI is InChI=1S/C15H31N3O/c1-11(2)7-14(9-16)18-15(19)8-12(3)13-5-4-6-17-10-13/h11-14,17H,4-10,16H2,1-3H3,(H,18,19). The molecular formula is C15H31N3O. The first-order valence-electron chi connectivity index (χ1n) is 7.73. The second-order valence-corrected chi connectivity index (χ2v) is 6.42. The fourth-order valence-electron chi connectivity index (χ4n) is 2.89. The van der Waals surface area contributed by atoms with Gasteiger partial charge in [-0.25, -0.2) is 0 Å². The number of hydrogen-bond acceptors (Lipinski definition) is 3. The van der Waals surface area contributed by atoms with Crippen LogP contribution in [0.4, 0.5) is 0 Å². The average molecular weight is 269 g/mol. The van der Waals surface area contributed by atoms with E-state index in [0.29, 0.717) is 30.7 Å². The van der Waals surface area contributed by atoms with Crippen molar-refractivity contribution in [2.24, 2.45) is 23.5 Å². The van der Waals surface area contributed by atoms with Gasteiger partial charge in [0.05, 0.1) is 0 Å². The topological polar surface area (TPSA) is 67.1 Å². The Morgan fingerprint density at radius 1 is 1.42 bits per heavy atom. The summed E-state index contributed by atoms with van der Waals surface area (Å²) < 4.78 is 0. The van der Waals surface area contributed by atoms with Crippen LogP contribution in [0.1, 0.15) is 46.5 Å². The van der Waals surface area contributed by atoms with Crippen molar-refractivity contribution in [1.82, 2.24) is 10.6 Å². The van der Waals surface area contributed by atoms with Gasteiger partial charge in [-0.1, -0.05) is 20.8 Å². The summed E-state index contributed by atoms with van der Waals surface area (Å²) in [7, 11) is 0. The van der Waals surface area contributed by atoms with Gasteiger partial charge in [0.1, 0.15) is 0 Å². The summed E-state index contributed by atoms with van der Waals surface area (Å²) in [6.07, 6.45) is 4.06. The van der Waals surface area contributed by atoms with Crippen molar-refractivity contribution in [3.8, 4) is 0 Å². The molecule has 1 amide bonds. The predicted octanol–water partition coefficient (Wildman–Crippen LogP) is 1.50. The minimum atomic E-state index is 0.129. The number of carbonyl (C=O) groups is 1. The number of nitrogens with one attached hydrogen (secondary N) is 2. The number of nitrogens with two attached hydrogens (primary N) is 1. The molecule has 0 saturated carbocycles. The molecule has 1 fully saturated rings. The van der Waals surface area contributed by atoms with Crippen LogP contribution in [-0.4, -0.2) is 31.6 Å². The summed E-state index contributed by atoms with van der Waals surface area (Å²) in [4.78, 5) is 12.1. The lowest BCUT2D eigenvalue weighted by Crippen LogP contribution is -2.42. The van der Waals surface area contributed by atoms with E-state index in [2.05, 4.69) is 31.4 Å². The van der Waals surface area contributed by atoms with Crippen LogP contribution in [-0.2, 0) is 4.79 Å². The van der Waals surface area contributed by atoms with Crippen molar-refractivity contribution in [3.63, 3.8) is 0 Å². The van der Waals surface area contributed by atoms with E-state index in [1.54, 1.807) is 0 Å². The molecule has 1 rings (SSSR count). The van der Waals surface area contributed by atoms with Gasteiger partial charge in [0.2, 0.25) is 5.91 Å². The van der Waals surface area contributed by atoms with Crippen LogP contribution in [0.3, 0.4) is 0 Å². The SMILES string of the molecule is CC(C)CC(CN)NC(=O)CC(C)C1CCCNC1. The van der Waals surface area contributed by atoms with Crippen LogP contribution >= 0.6 is 0 Å². The van der Waals surface area contributed by atoms with Gasteiger partial charge in [0.25, 0.3) is 0 Å². The average Bonchev–Trinajstić information content (AvgIpc) is 2.38. The Kier molecular flexibility index (Phi) is 7.39. The molecule has 0 spiro atoms. The first kappa shape index (κ1) is 16.4. The lowest BCUT2D eigenvalue weighted by molar-refractivity contribution is -0.123. The second-order valence-electron chi connectivity index (χ2n) is 6.42. The molecule has 0 bridgehead atoms. The van der Waals surface area contributed by atoms with Gasteiger partial charge in [-0.3, -0.25) is 4.79 Å². The molecule has 1 aliphatic rings. The van der Waals surface area contributed by atoms with Gasteiger partial charge in [-0.05, 0) is 50.1 Å². The molecule has 3 atom stereocenters. The summed E-state index contributed by atoms with van der Waals surface area (Å²) >= 11 is 0. The van der Waals surface area contributed by atoms with Crippen LogP contribution < -0.4 is 16.4 Å². The molecule has 0 aromatic carbocycles. The lowest BCUT2D eigenvalue weighted by Gasteiger charge is -2.28. The van der Waals surface area contributed by atoms with Crippen molar-refractivity contribution in [2.45, 2.75) is 52.5 Å². The summed E-state index contributed by atoms with van der Waals surface area (Å²) in [5.41, 5.74) is 5.72. The Morgan fingerprint density at radius 3 is 2.68 bits per heavy atom. The van der Waals surface area contributed by atoms with Crippen molar-refractivity contribution < 1.29 is 4.79 Å². The molecule has 4 heteroatoms. The second kappa shape index (κ2) is 8.54. The maximum absolute atomic E-state index is 12.1. The fourth-order valence-corrected chi connectivity index (χ4v) is 2.89. The molecule has 3 unspecified atom stereocenters. The Balaban J connectivity index is 2.32. The first-order chi connectivity index (χ1) is 9.02. The third kappa shape index (κ3) is 6.39. The lowest BCUT2D eigenvalue weighted by atomic mass is 9.85. The van der Waals surface area contributed by atoms with Crippen LogP contribution in [0.5, 0.6) is 0 Å². The highest BCUT2D eigenvalue weighted by Crippen LogP contribution is 2.22. The Hall–Kier alpha value is -0.610. The third-order valence-corrected chi connectivity index (χ3v) is 4.05. The van der Waals surface area contributed by atoms with Crippen molar-refractivity contribution in [2.75, 3.05) is 19.6 Å². The minimum Gasteiger partial charge on any atom is -0.352 e. The van der Waals surface area contributed by atoms with Crippen LogP contribution in [0.15, 0.2) is 0 Å². The molecule has 1 saturated heterocycles. The van der Waals surface area contributed by atoms with Crippen LogP contribution in [0.25, 0.3) is 0 Å². The maximum Gasteiger partial charge on any atom is 0.220 e. The summed E-state index contributed by atoms with van der Waals surface area (Å²) in [6.45, 7) is 9.22. The van der Waals surface area contributed by atoms with E-state index in [0.717, 1.165) is 19.5 Å². The largest absolute Gasteiger partial charge is 0.352 e. The zero-order chi connectivity index (χ0) is 14.3. The van der Waals surface area contributed by atoms with Gasteiger partial charge in [0, 0.05) is 19.0 Å². The molecule has 1 aliphatic heterocycles. The van der Waals surface area contributed by atoms with E-state index in [-0.39, 0.29) is 11.9 Å². The number of rotatable bonds is 7. The van der Waals surface area contributed by atoms with Gasteiger partial charge >= 0.3 is 0 Å². The van der Waals surface area contributed by atoms with Gasteiger partial charge in [0.15, 0.2) is 0 Å². The molecule has 4 nitrogen and oxygen atoms in total.